The third kappa shape index (κ3) is 4.59. The molecule has 1 aromatic heterocycles. The number of hydrogen-bond donors (Lipinski definition) is 1. The number of morpholine rings is 1. The molecule has 3 aromatic rings. The van der Waals surface area contributed by atoms with Gasteiger partial charge in [-0.05, 0) is 53.5 Å². The summed E-state index contributed by atoms with van der Waals surface area (Å²) in [5.74, 6) is 6.93. The monoisotopic (exact) mass is 509 g/mol. The molecule has 0 saturated carbocycles. The molecule has 1 atom stereocenters. The maximum atomic E-state index is 13.1. The molecule has 2 aromatic carbocycles. The third-order valence-corrected chi connectivity index (χ3v) is 8.61. The van der Waals surface area contributed by atoms with E-state index in [1.165, 1.54) is 16.8 Å². The Hall–Kier alpha value is -3.60. The highest BCUT2D eigenvalue weighted by Crippen LogP contribution is 2.50. The molecule has 7 heteroatoms. The molecule has 0 unspecified atom stereocenters. The average Bonchev–Trinajstić information content (AvgIpc) is 3.23. The van der Waals surface area contributed by atoms with Gasteiger partial charge in [0.25, 0.3) is 5.56 Å². The van der Waals surface area contributed by atoms with Crippen LogP contribution in [0.15, 0.2) is 59.5 Å². The van der Waals surface area contributed by atoms with Crippen molar-refractivity contribution in [3.8, 4) is 11.8 Å². The molecule has 2 saturated heterocycles. The molecule has 0 bridgehead atoms. The maximum absolute atomic E-state index is 13.1. The van der Waals surface area contributed by atoms with Gasteiger partial charge in [0.1, 0.15) is 5.56 Å². The highest BCUT2D eigenvalue weighted by Gasteiger charge is 2.46. The van der Waals surface area contributed by atoms with Gasteiger partial charge < -0.3 is 20.3 Å². The Kier molecular flexibility index (Phi) is 6.69. The first-order valence-corrected chi connectivity index (χ1v) is 13.6. The first-order chi connectivity index (χ1) is 18.5. The lowest BCUT2D eigenvalue weighted by molar-refractivity contribution is 0.122. The van der Waals surface area contributed by atoms with Crippen LogP contribution in [-0.2, 0) is 24.6 Å². The molecule has 1 spiro atoms. The Morgan fingerprint density at radius 1 is 1.03 bits per heavy atom. The zero-order valence-corrected chi connectivity index (χ0v) is 22.0. The van der Waals surface area contributed by atoms with Gasteiger partial charge in [0.2, 0.25) is 5.95 Å². The molecule has 196 valence electrons. The van der Waals surface area contributed by atoms with Crippen molar-refractivity contribution in [3.05, 3.63) is 87.3 Å². The van der Waals surface area contributed by atoms with E-state index >= 15 is 0 Å². The SMILES string of the molecule is Cn1c(N2CCC3(CC2)Cc2ccccc2[C@H]3N)ncc(C#CCc2ccc(N3CCOCC3)cc2)c1=O. The van der Waals surface area contributed by atoms with Gasteiger partial charge in [0.15, 0.2) is 0 Å². The van der Waals surface area contributed by atoms with Crippen molar-refractivity contribution in [1.29, 1.82) is 0 Å². The van der Waals surface area contributed by atoms with Crippen LogP contribution in [0.2, 0.25) is 0 Å². The number of piperidine rings is 1. The predicted octanol–water partition coefficient (Wildman–Crippen LogP) is 3.05. The van der Waals surface area contributed by atoms with Gasteiger partial charge in [-0.3, -0.25) is 9.36 Å². The standard InChI is InChI=1S/C31H35N5O2/c1-34-29(37)25(7-4-5-23-9-11-26(12-10-23)35-17-19-38-20-18-35)22-33-30(34)36-15-13-31(14-16-36)21-24-6-2-3-8-27(24)28(31)32/h2-3,6,8-12,22,28H,5,13-21,32H2,1H3/t28-/m1/s1. The van der Waals surface area contributed by atoms with E-state index in [-0.39, 0.29) is 17.0 Å². The Morgan fingerprint density at radius 3 is 2.50 bits per heavy atom. The van der Waals surface area contributed by atoms with E-state index in [0.29, 0.717) is 17.9 Å². The van der Waals surface area contributed by atoms with Crippen LogP contribution >= 0.6 is 0 Å². The summed E-state index contributed by atoms with van der Waals surface area (Å²) in [6.45, 7) is 5.07. The molecule has 0 amide bonds. The molecule has 3 aliphatic rings. The number of nitrogens with two attached hydrogens (primary N) is 1. The van der Waals surface area contributed by atoms with Crippen molar-refractivity contribution in [2.45, 2.75) is 31.7 Å². The molecule has 2 fully saturated rings. The minimum atomic E-state index is -0.101. The predicted molar refractivity (Wildman–Crippen MR) is 150 cm³/mol. The van der Waals surface area contributed by atoms with Crippen LogP contribution in [0, 0.1) is 17.3 Å². The number of aromatic nitrogens is 2. The average molecular weight is 510 g/mol. The number of rotatable bonds is 3. The van der Waals surface area contributed by atoms with Crippen LogP contribution in [0.4, 0.5) is 11.6 Å². The van der Waals surface area contributed by atoms with Gasteiger partial charge in [-0.1, -0.05) is 48.2 Å². The fourth-order valence-corrected chi connectivity index (χ4v) is 6.26. The Labute approximate surface area is 224 Å². The first kappa shape index (κ1) is 24.7. The van der Waals surface area contributed by atoms with Crippen LogP contribution in [0.3, 0.4) is 0 Å². The molecule has 38 heavy (non-hydrogen) atoms. The number of benzene rings is 2. The summed E-state index contributed by atoms with van der Waals surface area (Å²) in [7, 11) is 1.79. The quantitative estimate of drug-likeness (QED) is 0.547. The zero-order chi connectivity index (χ0) is 26.1. The highest BCUT2D eigenvalue weighted by molar-refractivity contribution is 5.48. The van der Waals surface area contributed by atoms with E-state index in [1.54, 1.807) is 17.8 Å². The molecule has 3 heterocycles. The van der Waals surface area contributed by atoms with Crippen LogP contribution < -0.4 is 21.1 Å². The second kappa shape index (κ2) is 10.3. The molecule has 7 nitrogen and oxygen atoms in total. The molecule has 2 aliphatic heterocycles. The first-order valence-electron chi connectivity index (χ1n) is 13.6. The lowest BCUT2D eigenvalue weighted by Gasteiger charge is -2.42. The number of ether oxygens (including phenoxy) is 1. The lowest BCUT2D eigenvalue weighted by Crippen LogP contribution is -2.46. The Morgan fingerprint density at radius 2 is 1.76 bits per heavy atom. The third-order valence-electron chi connectivity index (χ3n) is 8.61. The summed E-state index contributed by atoms with van der Waals surface area (Å²) >= 11 is 0. The van der Waals surface area contributed by atoms with Crippen molar-refractivity contribution in [3.63, 3.8) is 0 Å². The summed E-state index contributed by atoms with van der Waals surface area (Å²) in [6.07, 6.45) is 5.24. The van der Waals surface area contributed by atoms with E-state index in [1.807, 2.05) is 0 Å². The minimum absolute atomic E-state index is 0.0749. The fourth-order valence-electron chi connectivity index (χ4n) is 6.26. The summed E-state index contributed by atoms with van der Waals surface area (Å²) in [5.41, 5.74) is 12.2. The van der Waals surface area contributed by atoms with Crippen LogP contribution in [0.1, 0.15) is 41.1 Å². The number of nitrogens with zero attached hydrogens (tertiary/aromatic N) is 4. The van der Waals surface area contributed by atoms with Gasteiger partial charge in [0, 0.05) is 51.4 Å². The smallest absolute Gasteiger partial charge is 0.270 e. The molecule has 1 aliphatic carbocycles. The van der Waals surface area contributed by atoms with E-state index in [2.05, 4.69) is 75.2 Å². The zero-order valence-electron chi connectivity index (χ0n) is 22.0. The summed E-state index contributed by atoms with van der Waals surface area (Å²) in [6, 6.07) is 17.1. The van der Waals surface area contributed by atoms with Gasteiger partial charge in [0.05, 0.1) is 19.4 Å². The van der Waals surface area contributed by atoms with E-state index in [9.17, 15) is 4.79 Å². The fraction of sp³-hybridized carbons (Fsp3) is 0.419. The van der Waals surface area contributed by atoms with Crippen molar-refractivity contribution in [1.82, 2.24) is 9.55 Å². The van der Waals surface area contributed by atoms with Crippen molar-refractivity contribution < 1.29 is 4.74 Å². The summed E-state index contributed by atoms with van der Waals surface area (Å²) < 4.78 is 7.08. The van der Waals surface area contributed by atoms with Crippen molar-refractivity contribution >= 4 is 11.6 Å². The Bertz CT molecular complexity index is 1420. The van der Waals surface area contributed by atoms with Gasteiger partial charge >= 0.3 is 0 Å². The highest BCUT2D eigenvalue weighted by atomic mass is 16.5. The second-order valence-corrected chi connectivity index (χ2v) is 10.8. The molecular formula is C31H35N5O2. The van der Waals surface area contributed by atoms with Crippen LogP contribution in [-0.4, -0.2) is 48.9 Å². The van der Waals surface area contributed by atoms with Gasteiger partial charge in [-0.25, -0.2) is 4.98 Å². The maximum Gasteiger partial charge on any atom is 0.270 e. The number of hydrogen-bond acceptors (Lipinski definition) is 6. The number of fused-ring (bicyclic) bond motifs is 1. The lowest BCUT2D eigenvalue weighted by atomic mass is 9.73. The Balaban J connectivity index is 1.10. The van der Waals surface area contributed by atoms with Crippen molar-refractivity contribution in [2.24, 2.45) is 18.2 Å². The molecule has 2 N–H and O–H groups in total. The number of anilines is 2. The van der Waals surface area contributed by atoms with Gasteiger partial charge in [-0.2, -0.15) is 0 Å². The normalized spacial score (nSPS) is 20.2. The molecular weight excluding hydrogens is 474 g/mol. The summed E-state index contributed by atoms with van der Waals surface area (Å²) in [5, 5.41) is 0. The topological polar surface area (TPSA) is 76.6 Å². The summed E-state index contributed by atoms with van der Waals surface area (Å²) in [4.78, 5) is 22.3. The second-order valence-electron chi connectivity index (χ2n) is 10.8. The van der Waals surface area contributed by atoms with Crippen LogP contribution in [0.5, 0.6) is 0 Å². The van der Waals surface area contributed by atoms with Gasteiger partial charge in [-0.15, -0.1) is 0 Å². The largest absolute Gasteiger partial charge is 0.378 e. The van der Waals surface area contributed by atoms with E-state index in [4.69, 9.17) is 10.5 Å². The molecule has 0 radical (unpaired) electrons. The van der Waals surface area contributed by atoms with E-state index in [0.717, 1.165) is 64.2 Å². The van der Waals surface area contributed by atoms with E-state index < -0.39 is 0 Å². The minimum Gasteiger partial charge on any atom is -0.378 e. The molecule has 6 rings (SSSR count). The van der Waals surface area contributed by atoms with Crippen LogP contribution in [0.25, 0.3) is 0 Å². The van der Waals surface area contributed by atoms with Crippen molar-refractivity contribution in [2.75, 3.05) is 49.2 Å².